The van der Waals surface area contributed by atoms with E-state index < -0.39 is 0 Å². The van der Waals surface area contributed by atoms with Crippen LogP contribution >= 0.6 is 23.3 Å². The molecular formula is C7H10ClN3S. The summed E-state index contributed by atoms with van der Waals surface area (Å²) in [6.07, 6.45) is 2.47. The van der Waals surface area contributed by atoms with E-state index in [-0.39, 0.29) is 0 Å². The van der Waals surface area contributed by atoms with Crippen LogP contribution in [0.4, 0.5) is 5.82 Å². The second-order valence-corrected chi connectivity index (χ2v) is 3.94. The number of hydrogen-bond donors (Lipinski definition) is 1. The summed E-state index contributed by atoms with van der Waals surface area (Å²) in [6, 6.07) is 0.580. The van der Waals surface area contributed by atoms with Crippen molar-refractivity contribution in [2.24, 2.45) is 5.92 Å². The van der Waals surface area contributed by atoms with Crippen molar-refractivity contribution in [3.63, 3.8) is 0 Å². The van der Waals surface area contributed by atoms with E-state index >= 15 is 0 Å². The molecule has 5 heteroatoms. The quantitative estimate of drug-likeness (QED) is 0.820. The largest absolute Gasteiger partial charge is 0.364 e. The highest BCUT2D eigenvalue weighted by atomic mass is 35.5. The molecule has 1 heterocycles. The third kappa shape index (κ3) is 1.54. The smallest absolute Gasteiger partial charge is 0.186 e. The molecule has 66 valence electrons. The van der Waals surface area contributed by atoms with Gasteiger partial charge in [-0.2, -0.15) is 8.75 Å². The van der Waals surface area contributed by atoms with Gasteiger partial charge < -0.3 is 5.32 Å². The van der Waals surface area contributed by atoms with Gasteiger partial charge in [-0.3, -0.25) is 0 Å². The van der Waals surface area contributed by atoms with E-state index in [0.717, 1.165) is 23.5 Å². The molecule has 2 unspecified atom stereocenters. The molecule has 1 N–H and O–H groups in total. The molecule has 1 aliphatic carbocycles. The van der Waals surface area contributed by atoms with Crippen LogP contribution in [0, 0.1) is 5.92 Å². The summed E-state index contributed by atoms with van der Waals surface area (Å²) in [4.78, 5) is 0. The summed E-state index contributed by atoms with van der Waals surface area (Å²) in [6.45, 7) is 2.20. The van der Waals surface area contributed by atoms with Crippen molar-refractivity contribution in [1.82, 2.24) is 8.75 Å². The first kappa shape index (κ1) is 8.26. The molecule has 1 saturated carbocycles. The Labute approximate surface area is 80.5 Å². The molecule has 1 aromatic rings. The van der Waals surface area contributed by atoms with Gasteiger partial charge in [0.1, 0.15) is 0 Å². The average molecular weight is 204 g/mol. The molecule has 1 aliphatic rings. The van der Waals surface area contributed by atoms with E-state index in [1.54, 1.807) is 0 Å². The van der Waals surface area contributed by atoms with Gasteiger partial charge in [0.2, 0.25) is 0 Å². The highest BCUT2D eigenvalue weighted by Crippen LogP contribution is 2.36. The van der Waals surface area contributed by atoms with Gasteiger partial charge >= 0.3 is 0 Å². The normalized spacial score (nSPS) is 27.2. The highest BCUT2D eigenvalue weighted by Gasteiger charge is 2.36. The molecule has 0 bridgehead atoms. The lowest BCUT2D eigenvalue weighted by Gasteiger charge is -1.99. The van der Waals surface area contributed by atoms with E-state index in [0.29, 0.717) is 11.2 Å². The SMILES string of the molecule is CCC1CC1Nc1nsnc1Cl. The molecule has 0 amide bonds. The summed E-state index contributed by atoms with van der Waals surface area (Å²) >= 11 is 6.93. The number of anilines is 1. The summed E-state index contributed by atoms with van der Waals surface area (Å²) in [5.41, 5.74) is 0. The van der Waals surface area contributed by atoms with Gasteiger partial charge in [0.15, 0.2) is 11.0 Å². The van der Waals surface area contributed by atoms with Gasteiger partial charge in [0, 0.05) is 6.04 Å². The summed E-state index contributed by atoms with van der Waals surface area (Å²) in [7, 11) is 0. The molecular weight excluding hydrogens is 194 g/mol. The Morgan fingerprint density at radius 1 is 1.67 bits per heavy atom. The fraction of sp³-hybridized carbons (Fsp3) is 0.714. The first-order chi connectivity index (χ1) is 5.81. The Morgan fingerprint density at radius 3 is 3.00 bits per heavy atom. The lowest BCUT2D eigenvalue weighted by atomic mass is 10.3. The first-order valence-corrected chi connectivity index (χ1v) is 5.16. The molecule has 1 fully saturated rings. The van der Waals surface area contributed by atoms with Crippen LogP contribution in [0.3, 0.4) is 0 Å². The predicted octanol–water partition coefficient (Wildman–Crippen LogP) is 2.40. The standard InChI is InChI=1S/C7H10ClN3S/c1-2-4-3-5(4)9-7-6(8)10-12-11-7/h4-5H,2-3H2,1H3,(H,9,11). The van der Waals surface area contributed by atoms with Gasteiger partial charge in [0.25, 0.3) is 0 Å². The highest BCUT2D eigenvalue weighted by molar-refractivity contribution is 6.99. The number of hydrogen-bond acceptors (Lipinski definition) is 4. The summed E-state index contributed by atoms with van der Waals surface area (Å²) in [5, 5.41) is 3.77. The van der Waals surface area contributed by atoms with Gasteiger partial charge in [-0.25, -0.2) is 0 Å². The zero-order valence-corrected chi connectivity index (χ0v) is 8.32. The van der Waals surface area contributed by atoms with E-state index in [9.17, 15) is 0 Å². The molecule has 12 heavy (non-hydrogen) atoms. The zero-order chi connectivity index (χ0) is 8.55. The zero-order valence-electron chi connectivity index (χ0n) is 6.75. The summed E-state index contributed by atoms with van der Waals surface area (Å²) in [5.74, 6) is 1.56. The average Bonchev–Trinajstić information content (AvgIpc) is 2.70. The monoisotopic (exact) mass is 203 g/mol. The lowest BCUT2D eigenvalue weighted by Crippen LogP contribution is -2.04. The van der Waals surface area contributed by atoms with Gasteiger partial charge in [-0.15, -0.1) is 0 Å². The molecule has 0 radical (unpaired) electrons. The summed E-state index contributed by atoms with van der Waals surface area (Å²) < 4.78 is 7.93. The van der Waals surface area contributed by atoms with Gasteiger partial charge in [0.05, 0.1) is 11.7 Å². The molecule has 0 saturated heterocycles. The number of nitrogens with one attached hydrogen (secondary N) is 1. The minimum absolute atomic E-state index is 0.502. The Balaban J connectivity index is 1.93. The Morgan fingerprint density at radius 2 is 2.50 bits per heavy atom. The Kier molecular flexibility index (Phi) is 2.19. The van der Waals surface area contributed by atoms with Crippen molar-refractivity contribution in [1.29, 1.82) is 0 Å². The minimum Gasteiger partial charge on any atom is -0.364 e. The number of nitrogens with zero attached hydrogens (tertiary/aromatic N) is 2. The van der Waals surface area contributed by atoms with E-state index in [1.807, 2.05) is 0 Å². The molecule has 0 aliphatic heterocycles. The van der Waals surface area contributed by atoms with Gasteiger partial charge in [-0.1, -0.05) is 24.9 Å². The second kappa shape index (κ2) is 3.18. The fourth-order valence-electron chi connectivity index (χ4n) is 1.32. The second-order valence-electron chi connectivity index (χ2n) is 3.06. The van der Waals surface area contributed by atoms with Crippen LogP contribution in [0.5, 0.6) is 0 Å². The van der Waals surface area contributed by atoms with Crippen LogP contribution in [-0.4, -0.2) is 14.8 Å². The van der Waals surface area contributed by atoms with Crippen LogP contribution in [0.1, 0.15) is 19.8 Å². The number of halogens is 1. The maximum Gasteiger partial charge on any atom is 0.186 e. The lowest BCUT2D eigenvalue weighted by molar-refractivity contribution is 0.774. The molecule has 0 spiro atoms. The third-order valence-corrected chi connectivity index (χ3v) is 3.11. The molecule has 1 aromatic heterocycles. The predicted molar refractivity (Wildman–Crippen MR) is 50.7 cm³/mol. The van der Waals surface area contributed by atoms with E-state index in [4.69, 9.17) is 11.6 Å². The van der Waals surface area contributed by atoms with Crippen LogP contribution in [-0.2, 0) is 0 Å². The van der Waals surface area contributed by atoms with Crippen molar-refractivity contribution >= 4 is 29.1 Å². The maximum atomic E-state index is 5.78. The third-order valence-electron chi connectivity index (χ3n) is 2.22. The van der Waals surface area contributed by atoms with Crippen molar-refractivity contribution < 1.29 is 0 Å². The van der Waals surface area contributed by atoms with Crippen LogP contribution < -0.4 is 5.32 Å². The number of rotatable bonds is 3. The van der Waals surface area contributed by atoms with Crippen molar-refractivity contribution in [2.75, 3.05) is 5.32 Å². The van der Waals surface area contributed by atoms with Crippen LogP contribution in [0.15, 0.2) is 0 Å². The molecule has 0 aromatic carbocycles. The van der Waals surface area contributed by atoms with Gasteiger partial charge in [-0.05, 0) is 12.3 Å². The Bertz CT molecular complexity index is 275. The van der Waals surface area contributed by atoms with E-state index in [1.165, 1.54) is 12.8 Å². The maximum absolute atomic E-state index is 5.78. The van der Waals surface area contributed by atoms with Crippen LogP contribution in [0.25, 0.3) is 0 Å². The Hall–Kier alpha value is -0.350. The topological polar surface area (TPSA) is 37.8 Å². The molecule has 2 atom stereocenters. The van der Waals surface area contributed by atoms with Crippen LogP contribution in [0.2, 0.25) is 5.15 Å². The minimum atomic E-state index is 0.502. The number of aromatic nitrogens is 2. The molecule has 3 nitrogen and oxygen atoms in total. The van der Waals surface area contributed by atoms with Crippen molar-refractivity contribution in [2.45, 2.75) is 25.8 Å². The van der Waals surface area contributed by atoms with E-state index in [2.05, 4.69) is 21.0 Å². The van der Waals surface area contributed by atoms with Crippen molar-refractivity contribution in [3.05, 3.63) is 5.15 Å². The van der Waals surface area contributed by atoms with Crippen molar-refractivity contribution in [3.8, 4) is 0 Å². The fourth-order valence-corrected chi connectivity index (χ4v) is 1.97. The first-order valence-electron chi connectivity index (χ1n) is 4.06. The molecule has 2 rings (SSSR count).